The quantitative estimate of drug-likeness (QED) is 0.904. The second kappa shape index (κ2) is 6.07. The molecule has 1 amide bonds. The molecule has 2 aromatic carbocycles. The van der Waals surface area contributed by atoms with Crippen LogP contribution < -0.4 is 14.8 Å². The van der Waals surface area contributed by atoms with Crippen molar-refractivity contribution in [3.05, 3.63) is 42.0 Å². The normalized spacial score (nSPS) is 13.0. The molecule has 0 saturated heterocycles. The molecule has 126 valence electrons. The van der Waals surface area contributed by atoms with Crippen molar-refractivity contribution in [1.82, 2.24) is 5.32 Å². The van der Waals surface area contributed by atoms with Crippen molar-refractivity contribution < 1.29 is 19.4 Å². The van der Waals surface area contributed by atoms with Crippen LogP contribution in [0.15, 0.2) is 36.4 Å². The van der Waals surface area contributed by atoms with Gasteiger partial charge in [0.1, 0.15) is 5.75 Å². The van der Waals surface area contributed by atoms with Crippen LogP contribution in [0.1, 0.15) is 31.1 Å². The smallest absolute Gasteiger partial charge is 0.251 e. The van der Waals surface area contributed by atoms with Gasteiger partial charge in [-0.05, 0) is 46.9 Å². The number of rotatable bonds is 3. The third kappa shape index (κ3) is 3.62. The van der Waals surface area contributed by atoms with Crippen LogP contribution in [-0.4, -0.2) is 24.4 Å². The van der Waals surface area contributed by atoms with Crippen LogP contribution >= 0.6 is 0 Å². The average Bonchev–Trinajstić information content (AvgIpc) is 2.98. The molecule has 24 heavy (non-hydrogen) atoms. The predicted octanol–water partition coefficient (Wildman–Crippen LogP) is 3.56. The third-order valence-electron chi connectivity index (χ3n) is 3.67. The molecule has 2 N–H and O–H groups in total. The molecule has 0 aliphatic carbocycles. The fourth-order valence-electron chi connectivity index (χ4n) is 2.43. The molecule has 5 heteroatoms. The van der Waals surface area contributed by atoms with Crippen LogP contribution in [0.4, 0.5) is 0 Å². The van der Waals surface area contributed by atoms with Crippen LogP contribution in [-0.2, 0) is 0 Å². The zero-order valence-electron chi connectivity index (χ0n) is 14.1. The van der Waals surface area contributed by atoms with E-state index >= 15 is 0 Å². The molecule has 0 atom stereocenters. The van der Waals surface area contributed by atoms with E-state index in [2.05, 4.69) is 5.32 Å². The second-order valence-corrected chi connectivity index (χ2v) is 7.08. The number of nitrogens with one attached hydrogen (secondary N) is 1. The summed E-state index contributed by atoms with van der Waals surface area (Å²) in [5.41, 5.74) is 2.01. The minimum absolute atomic E-state index is 0.00730. The molecule has 2 aromatic rings. The molecule has 0 aromatic heterocycles. The van der Waals surface area contributed by atoms with E-state index < -0.39 is 0 Å². The SMILES string of the molecule is CC(C)(C)CNC(=O)c1cc(O)cc(-c2ccc3c(c2)OCO3)c1. The van der Waals surface area contributed by atoms with Crippen molar-refractivity contribution in [2.75, 3.05) is 13.3 Å². The van der Waals surface area contributed by atoms with Gasteiger partial charge in [-0.3, -0.25) is 4.79 Å². The maximum Gasteiger partial charge on any atom is 0.251 e. The average molecular weight is 327 g/mol. The molecule has 0 bridgehead atoms. The van der Waals surface area contributed by atoms with E-state index in [1.165, 1.54) is 6.07 Å². The number of phenols is 1. The molecule has 5 nitrogen and oxygen atoms in total. The molecule has 0 unspecified atom stereocenters. The summed E-state index contributed by atoms with van der Waals surface area (Å²) < 4.78 is 10.7. The van der Waals surface area contributed by atoms with E-state index in [-0.39, 0.29) is 23.9 Å². The zero-order valence-corrected chi connectivity index (χ0v) is 14.1. The Morgan fingerprint density at radius 3 is 2.58 bits per heavy atom. The first kappa shape index (κ1) is 16.2. The van der Waals surface area contributed by atoms with Crippen molar-refractivity contribution in [2.45, 2.75) is 20.8 Å². The molecule has 1 heterocycles. The first-order chi connectivity index (χ1) is 11.3. The van der Waals surface area contributed by atoms with Gasteiger partial charge in [-0.1, -0.05) is 26.8 Å². The fraction of sp³-hybridized carbons (Fsp3) is 0.316. The Balaban J connectivity index is 1.87. The lowest BCUT2D eigenvalue weighted by Gasteiger charge is -2.19. The van der Waals surface area contributed by atoms with Crippen LogP contribution in [0.3, 0.4) is 0 Å². The number of benzene rings is 2. The second-order valence-electron chi connectivity index (χ2n) is 7.08. The molecule has 0 spiro atoms. The number of amides is 1. The van der Waals surface area contributed by atoms with Crippen molar-refractivity contribution in [2.24, 2.45) is 5.41 Å². The summed E-state index contributed by atoms with van der Waals surface area (Å²) in [7, 11) is 0. The van der Waals surface area contributed by atoms with Gasteiger partial charge < -0.3 is 19.9 Å². The summed E-state index contributed by atoms with van der Waals surface area (Å²) in [4.78, 5) is 12.3. The third-order valence-corrected chi connectivity index (χ3v) is 3.67. The van der Waals surface area contributed by atoms with E-state index in [1.54, 1.807) is 12.1 Å². The highest BCUT2D eigenvalue weighted by atomic mass is 16.7. The van der Waals surface area contributed by atoms with Gasteiger partial charge >= 0.3 is 0 Å². The first-order valence-corrected chi connectivity index (χ1v) is 7.84. The lowest BCUT2D eigenvalue weighted by Crippen LogP contribution is -2.32. The van der Waals surface area contributed by atoms with E-state index in [1.807, 2.05) is 39.0 Å². The number of aromatic hydroxyl groups is 1. The Kier molecular flexibility index (Phi) is 4.09. The van der Waals surface area contributed by atoms with Crippen LogP contribution in [0.2, 0.25) is 0 Å². The summed E-state index contributed by atoms with van der Waals surface area (Å²) in [5, 5.41) is 12.9. The largest absolute Gasteiger partial charge is 0.508 e. The minimum Gasteiger partial charge on any atom is -0.508 e. The van der Waals surface area contributed by atoms with Crippen LogP contribution in [0.25, 0.3) is 11.1 Å². The number of phenolic OH excluding ortho intramolecular Hbond substituents is 1. The number of fused-ring (bicyclic) bond motifs is 1. The number of hydrogen-bond donors (Lipinski definition) is 2. The van der Waals surface area contributed by atoms with Crippen molar-refractivity contribution in [3.8, 4) is 28.4 Å². The summed E-state index contributed by atoms with van der Waals surface area (Å²) >= 11 is 0. The van der Waals surface area contributed by atoms with E-state index in [0.717, 1.165) is 11.1 Å². The number of ether oxygens (including phenoxy) is 2. The van der Waals surface area contributed by atoms with Gasteiger partial charge in [-0.15, -0.1) is 0 Å². The van der Waals surface area contributed by atoms with Crippen LogP contribution in [0, 0.1) is 5.41 Å². The minimum atomic E-state index is -0.206. The highest BCUT2D eigenvalue weighted by molar-refractivity contribution is 5.96. The van der Waals surface area contributed by atoms with E-state index in [9.17, 15) is 9.90 Å². The summed E-state index contributed by atoms with van der Waals surface area (Å²) in [5.74, 6) is 1.20. The lowest BCUT2D eigenvalue weighted by atomic mass is 9.96. The van der Waals surface area contributed by atoms with Gasteiger partial charge in [0.25, 0.3) is 5.91 Å². The number of carbonyl (C=O) groups excluding carboxylic acids is 1. The maximum absolute atomic E-state index is 12.3. The van der Waals surface area contributed by atoms with Crippen molar-refractivity contribution in [3.63, 3.8) is 0 Å². The van der Waals surface area contributed by atoms with E-state index in [0.29, 0.717) is 23.6 Å². The summed E-state index contributed by atoms with van der Waals surface area (Å²) in [6.45, 7) is 6.91. The standard InChI is InChI=1S/C19H21NO4/c1-19(2,3)10-20-18(22)14-6-13(7-15(21)8-14)12-4-5-16-17(9-12)24-11-23-16/h4-9,21H,10-11H2,1-3H3,(H,20,22). The van der Waals surface area contributed by atoms with Crippen molar-refractivity contribution >= 4 is 5.91 Å². The Hall–Kier alpha value is -2.69. The van der Waals surface area contributed by atoms with E-state index in [4.69, 9.17) is 9.47 Å². The Morgan fingerprint density at radius 2 is 1.83 bits per heavy atom. The summed E-state index contributed by atoms with van der Waals surface area (Å²) in [6.07, 6.45) is 0. The van der Waals surface area contributed by atoms with Crippen molar-refractivity contribution in [1.29, 1.82) is 0 Å². The lowest BCUT2D eigenvalue weighted by molar-refractivity contribution is 0.0939. The molecule has 3 rings (SSSR count). The first-order valence-electron chi connectivity index (χ1n) is 7.84. The fourth-order valence-corrected chi connectivity index (χ4v) is 2.43. The predicted molar refractivity (Wildman–Crippen MR) is 91.5 cm³/mol. The van der Waals surface area contributed by atoms with Gasteiger partial charge in [0.05, 0.1) is 0 Å². The van der Waals surface area contributed by atoms with Gasteiger partial charge in [0.15, 0.2) is 11.5 Å². The zero-order chi connectivity index (χ0) is 17.3. The Bertz CT molecular complexity index is 777. The monoisotopic (exact) mass is 327 g/mol. The highest BCUT2D eigenvalue weighted by Gasteiger charge is 2.17. The molecule has 1 aliphatic rings. The molecular weight excluding hydrogens is 306 g/mol. The molecule has 0 saturated carbocycles. The Labute approximate surface area is 141 Å². The van der Waals surface area contributed by atoms with Gasteiger partial charge in [0, 0.05) is 12.1 Å². The van der Waals surface area contributed by atoms with Gasteiger partial charge in [0.2, 0.25) is 6.79 Å². The molecule has 0 fully saturated rings. The van der Waals surface area contributed by atoms with Crippen LogP contribution in [0.5, 0.6) is 17.2 Å². The topological polar surface area (TPSA) is 67.8 Å². The Morgan fingerprint density at radius 1 is 1.08 bits per heavy atom. The molecule has 1 aliphatic heterocycles. The maximum atomic E-state index is 12.3. The molecule has 0 radical (unpaired) electrons. The number of carbonyl (C=O) groups is 1. The van der Waals surface area contributed by atoms with Gasteiger partial charge in [-0.2, -0.15) is 0 Å². The van der Waals surface area contributed by atoms with Gasteiger partial charge in [-0.25, -0.2) is 0 Å². The summed E-state index contributed by atoms with van der Waals surface area (Å²) in [6, 6.07) is 10.4. The number of hydrogen-bond acceptors (Lipinski definition) is 4. The highest BCUT2D eigenvalue weighted by Crippen LogP contribution is 2.36. The molecular formula is C19H21NO4.